The molecule has 0 spiro atoms. The van der Waals surface area contributed by atoms with Gasteiger partial charge in [-0.1, -0.05) is 35.5 Å². The monoisotopic (exact) mass is 309 g/mol. The molecular weight excluding hydrogens is 290 g/mol. The van der Waals surface area contributed by atoms with Crippen molar-refractivity contribution in [2.45, 2.75) is 32.4 Å². The first-order chi connectivity index (χ1) is 11.3. The van der Waals surface area contributed by atoms with Crippen molar-refractivity contribution in [2.75, 3.05) is 6.54 Å². The smallest absolute Gasteiger partial charge is 0.244 e. The van der Waals surface area contributed by atoms with Gasteiger partial charge in [-0.15, -0.1) is 0 Å². The van der Waals surface area contributed by atoms with Gasteiger partial charge >= 0.3 is 0 Å². The minimum Gasteiger partial charge on any atom is -0.345 e. The molecule has 6 nitrogen and oxygen atoms in total. The van der Waals surface area contributed by atoms with Crippen LogP contribution in [0.15, 0.2) is 41.1 Å². The van der Waals surface area contributed by atoms with Gasteiger partial charge in [-0.2, -0.15) is 4.98 Å². The first kappa shape index (κ1) is 14.1. The van der Waals surface area contributed by atoms with Gasteiger partial charge in [-0.3, -0.25) is 4.90 Å². The molecule has 23 heavy (non-hydrogen) atoms. The van der Waals surface area contributed by atoms with Crippen LogP contribution in [0.25, 0.3) is 11.4 Å². The van der Waals surface area contributed by atoms with Gasteiger partial charge in [0, 0.05) is 24.0 Å². The van der Waals surface area contributed by atoms with Crippen molar-refractivity contribution in [1.29, 1.82) is 0 Å². The second kappa shape index (κ2) is 5.96. The van der Waals surface area contributed by atoms with E-state index in [9.17, 15) is 0 Å². The summed E-state index contributed by atoms with van der Waals surface area (Å²) in [4.78, 5) is 14.5. The predicted octanol–water partition coefficient (Wildman–Crippen LogP) is 3.11. The minimum absolute atomic E-state index is 0.184. The summed E-state index contributed by atoms with van der Waals surface area (Å²) in [6.07, 6.45) is 4.08. The van der Waals surface area contributed by atoms with Crippen LogP contribution < -0.4 is 0 Å². The van der Waals surface area contributed by atoms with Crippen LogP contribution in [0, 0.1) is 6.92 Å². The van der Waals surface area contributed by atoms with E-state index >= 15 is 0 Å². The zero-order chi connectivity index (χ0) is 15.6. The second-order valence-corrected chi connectivity index (χ2v) is 5.94. The van der Waals surface area contributed by atoms with Crippen molar-refractivity contribution in [3.63, 3.8) is 0 Å². The van der Waals surface area contributed by atoms with Crippen molar-refractivity contribution in [1.82, 2.24) is 25.0 Å². The van der Waals surface area contributed by atoms with E-state index in [1.54, 1.807) is 0 Å². The quantitative estimate of drug-likeness (QED) is 0.802. The van der Waals surface area contributed by atoms with Crippen molar-refractivity contribution < 1.29 is 4.52 Å². The van der Waals surface area contributed by atoms with E-state index < -0.39 is 0 Å². The highest BCUT2D eigenvalue weighted by atomic mass is 16.5. The van der Waals surface area contributed by atoms with Gasteiger partial charge < -0.3 is 9.51 Å². The maximum absolute atomic E-state index is 5.55. The van der Waals surface area contributed by atoms with Gasteiger partial charge in [-0.05, 0) is 26.3 Å². The lowest BCUT2D eigenvalue weighted by molar-refractivity contribution is 0.199. The van der Waals surface area contributed by atoms with Crippen LogP contribution in [0.3, 0.4) is 0 Å². The Morgan fingerprint density at radius 3 is 2.96 bits per heavy atom. The van der Waals surface area contributed by atoms with Crippen molar-refractivity contribution in [3.05, 3.63) is 53.9 Å². The van der Waals surface area contributed by atoms with Gasteiger partial charge in [0.25, 0.3) is 0 Å². The number of aromatic nitrogens is 4. The summed E-state index contributed by atoms with van der Waals surface area (Å²) in [5.41, 5.74) is 2.11. The van der Waals surface area contributed by atoms with E-state index in [-0.39, 0.29) is 6.04 Å². The third-order valence-corrected chi connectivity index (χ3v) is 4.25. The van der Waals surface area contributed by atoms with Gasteiger partial charge in [0.1, 0.15) is 5.82 Å². The summed E-state index contributed by atoms with van der Waals surface area (Å²) >= 11 is 0. The van der Waals surface area contributed by atoms with E-state index in [0.29, 0.717) is 11.7 Å². The molecule has 1 N–H and O–H groups in total. The number of aromatic amines is 1. The fraction of sp³-hybridized carbons (Fsp3) is 0.353. The maximum atomic E-state index is 5.55. The lowest BCUT2D eigenvalue weighted by Crippen LogP contribution is -2.23. The molecule has 3 heterocycles. The summed E-state index contributed by atoms with van der Waals surface area (Å²) < 4.78 is 5.55. The molecule has 0 bridgehead atoms. The van der Waals surface area contributed by atoms with Crippen molar-refractivity contribution in [3.8, 4) is 11.4 Å². The first-order valence-corrected chi connectivity index (χ1v) is 7.93. The topological polar surface area (TPSA) is 70.8 Å². The highest BCUT2D eigenvalue weighted by molar-refractivity contribution is 5.53. The number of nitrogens with one attached hydrogen (secondary N) is 1. The number of H-pyrrole nitrogens is 1. The Hall–Kier alpha value is -2.47. The van der Waals surface area contributed by atoms with Gasteiger partial charge in [0.2, 0.25) is 11.7 Å². The van der Waals surface area contributed by atoms with E-state index in [2.05, 4.69) is 25.0 Å². The fourth-order valence-corrected chi connectivity index (χ4v) is 3.14. The van der Waals surface area contributed by atoms with Crippen LogP contribution in [0.2, 0.25) is 0 Å². The van der Waals surface area contributed by atoms with E-state index in [4.69, 9.17) is 4.52 Å². The Labute approximate surface area is 134 Å². The number of aryl methyl sites for hydroxylation is 1. The summed E-state index contributed by atoms with van der Waals surface area (Å²) in [6, 6.07) is 10.1. The van der Waals surface area contributed by atoms with Crippen molar-refractivity contribution in [2.24, 2.45) is 0 Å². The number of hydrogen-bond acceptors (Lipinski definition) is 5. The van der Waals surface area contributed by atoms with Crippen molar-refractivity contribution >= 4 is 0 Å². The number of hydrogen-bond donors (Lipinski definition) is 1. The minimum atomic E-state index is 0.184. The average Bonchev–Trinajstić information content (AvgIpc) is 3.29. The van der Waals surface area contributed by atoms with Crippen LogP contribution in [0.1, 0.15) is 36.3 Å². The standard InChI is InChI=1S/C17H19N5O/c1-12-18-10-14(19-12)11-22-9-5-8-15(22)17-20-16(21-23-17)13-6-3-2-4-7-13/h2-4,6-7,10,15H,5,8-9,11H2,1H3,(H,18,19). The summed E-state index contributed by atoms with van der Waals surface area (Å²) in [6.45, 7) is 3.83. The SMILES string of the molecule is Cc1ncc(CN2CCCC2c2nc(-c3ccccc3)no2)[nH]1. The third-order valence-electron chi connectivity index (χ3n) is 4.25. The fourth-order valence-electron chi connectivity index (χ4n) is 3.14. The van der Waals surface area contributed by atoms with E-state index in [1.165, 1.54) is 0 Å². The number of likely N-dealkylation sites (tertiary alicyclic amines) is 1. The molecule has 1 aliphatic rings. The number of benzene rings is 1. The molecule has 118 valence electrons. The molecule has 2 aromatic heterocycles. The Morgan fingerprint density at radius 1 is 1.30 bits per heavy atom. The zero-order valence-electron chi connectivity index (χ0n) is 13.1. The lowest BCUT2D eigenvalue weighted by atomic mass is 10.2. The second-order valence-electron chi connectivity index (χ2n) is 5.94. The largest absolute Gasteiger partial charge is 0.345 e. The summed E-state index contributed by atoms with van der Waals surface area (Å²) in [5.74, 6) is 2.31. The van der Waals surface area contributed by atoms with Gasteiger partial charge in [0.15, 0.2) is 0 Å². The molecule has 0 saturated carbocycles. The maximum Gasteiger partial charge on any atom is 0.244 e. The normalized spacial score (nSPS) is 18.6. The number of nitrogens with zero attached hydrogens (tertiary/aromatic N) is 4. The van der Waals surface area contributed by atoms with E-state index in [0.717, 1.165) is 43.0 Å². The zero-order valence-corrected chi connectivity index (χ0v) is 13.1. The highest BCUT2D eigenvalue weighted by Crippen LogP contribution is 2.32. The van der Waals surface area contributed by atoms with Crippen LogP contribution in [-0.2, 0) is 6.54 Å². The molecule has 1 aliphatic heterocycles. The third kappa shape index (κ3) is 2.90. The molecular formula is C17H19N5O. The molecule has 0 radical (unpaired) electrons. The predicted molar refractivity (Wildman–Crippen MR) is 85.4 cm³/mol. The average molecular weight is 309 g/mol. The molecule has 1 unspecified atom stereocenters. The van der Waals surface area contributed by atoms with Crippen LogP contribution in [0.4, 0.5) is 0 Å². The molecule has 1 atom stereocenters. The number of rotatable bonds is 4. The molecule has 1 aromatic carbocycles. The molecule has 0 amide bonds. The Bertz CT molecular complexity index is 779. The Kier molecular flexibility index (Phi) is 3.67. The molecule has 6 heteroatoms. The van der Waals surface area contributed by atoms with Crippen LogP contribution >= 0.6 is 0 Å². The summed E-state index contributed by atoms with van der Waals surface area (Å²) in [7, 11) is 0. The number of imidazole rings is 1. The molecule has 1 fully saturated rings. The van der Waals surface area contributed by atoms with Gasteiger partial charge in [0.05, 0.1) is 6.04 Å². The Balaban J connectivity index is 1.54. The van der Waals surface area contributed by atoms with E-state index in [1.807, 2.05) is 43.5 Å². The molecule has 0 aliphatic carbocycles. The van der Waals surface area contributed by atoms with Crippen LogP contribution in [-0.4, -0.2) is 31.6 Å². The molecule has 1 saturated heterocycles. The molecule has 4 rings (SSSR count). The highest BCUT2D eigenvalue weighted by Gasteiger charge is 2.31. The Morgan fingerprint density at radius 2 is 2.17 bits per heavy atom. The first-order valence-electron chi connectivity index (χ1n) is 7.93. The summed E-state index contributed by atoms with van der Waals surface area (Å²) in [5, 5.41) is 4.14. The van der Waals surface area contributed by atoms with Crippen LogP contribution in [0.5, 0.6) is 0 Å². The van der Waals surface area contributed by atoms with Gasteiger partial charge in [-0.25, -0.2) is 4.98 Å². The molecule has 3 aromatic rings. The lowest BCUT2D eigenvalue weighted by Gasteiger charge is -2.20.